The van der Waals surface area contributed by atoms with Gasteiger partial charge in [-0.25, -0.2) is 0 Å². The Kier molecular flexibility index (Phi) is 6.10. The molecule has 10 nitrogen and oxygen atoms in total. The Morgan fingerprint density at radius 3 is 2.79 bits per heavy atom. The van der Waals surface area contributed by atoms with Crippen LogP contribution in [0.4, 0.5) is 5.69 Å². The summed E-state index contributed by atoms with van der Waals surface area (Å²) in [6.07, 6.45) is 6.32. The van der Waals surface area contributed by atoms with Gasteiger partial charge in [-0.2, -0.15) is 4.52 Å². The van der Waals surface area contributed by atoms with Gasteiger partial charge in [0.15, 0.2) is 5.65 Å². The van der Waals surface area contributed by atoms with Crippen LogP contribution in [0.25, 0.3) is 5.65 Å². The number of carbonyl (C=O) groups is 2. The van der Waals surface area contributed by atoms with Gasteiger partial charge in [-0.15, -0.1) is 5.10 Å². The molecule has 0 saturated carbocycles. The molecule has 3 aromatic heterocycles. The Balaban J connectivity index is 0.000000706. The molecule has 1 N–H and O–H groups in total. The maximum atomic E-state index is 12.8. The van der Waals surface area contributed by atoms with Crippen molar-refractivity contribution in [3.8, 4) is 0 Å². The number of rotatable bonds is 2. The molecule has 1 aliphatic heterocycles. The topological polar surface area (TPSA) is 117 Å². The smallest absolute Gasteiger partial charge is 0.290 e. The van der Waals surface area contributed by atoms with Gasteiger partial charge in [0, 0.05) is 50.5 Å². The van der Waals surface area contributed by atoms with Crippen molar-refractivity contribution in [2.24, 2.45) is 0 Å². The standard InChI is InChI=1S/C17H19N7O.CH2O2/c1-13-11-18-6-5-15(13)22-7-2-8-23(10-9-22)17(25)14-3-4-16-19-20-21-24(16)12-14;2-1-3/h3-6,11-12H,2,7-10H2,1H3;1H,(H,2,3). The number of carboxylic acid groups (broad SMARTS) is 1. The van der Waals surface area contributed by atoms with Gasteiger partial charge >= 0.3 is 0 Å². The second-order valence-electron chi connectivity index (χ2n) is 6.30. The number of carbonyl (C=O) groups excluding carboxylic acids is 1. The number of anilines is 1. The summed E-state index contributed by atoms with van der Waals surface area (Å²) in [6, 6.07) is 5.58. The van der Waals surface area contributed by atoms with E-state index in [0.717, 1.165) is 31.6 Å². The van der Waals surface area contributed by atoms with E-state index in [9.17, 15) is 4.79 Å². The first-order chi connectivity index (χ1) is 13.6. The van der Waals surface area contributed by atoms with Crippen LogP contribution in [0.1, 0.15) is 22.3 Å². The molecule has 1 saturated heterocycles. The number of hydrogen-bond acceptors (Lipinski definition) is 7. The lowest BCUT2D eigenvalue weighted by atomic mass is 10.2. The number of amides is 1. The van der Waals surface area contributed by atoms with Crippen LogP contribution in [0.15, 0.2) is 36.8 Å². The van der Waals surface area contributed by atoms with Crippen LogP contribution in [-0.4, -0.2) is 73.6 Å². The largest absolute Gasteiger partial charge is 0.483 e. The summed E-state index contributed by atoms with van der Waals surface area (Å²) in [6.45, 7) is 4.99. The molecular formula is C18H21N7O3. The van der Waals surface area contributed by atoms with Crippen molar-refractivity contribution in [1.82, 2.24) is 29.9 Å². The number of aromatic nitrogens is 5. The highest BCUT2D eigenvalue weighted by atomic mass is 16.3. The van der Waals surface area contributed by atoms with Crippen LogP contribution < -0.4 is 4.90 Å². The zero-order chi connectivity index (χ0) is 19.9. The fourth-order valence-corrected chi connectivity index (χ4v) is 3.23. The van der Waals surface area contributed by atoms with E-state index < -0.39 is 0 Å². The molecule has 1 amide bonds. The first kappa shape index (κ1) is 19.2. The van der Waals surface area contributed by atoms with Crippen LogP contribution in [0, 0.1) is 6.92 Å². The van der Waals surface area contributed by atoms with Gasteiger partial charge < -0.3 is 14.9 Å². The van der Waals surface area contributed by atoms with Crippen molar-refractivity contribution < 1.29 is 14.7 Å². The molecule has 0 atom stereocenters. The summed E-state index contributed by atoms with van der Waals surface area (Å²) in [5, 5.41) is 18.2. The Bertz CT molecular complexity index is 959. The van der Waals surface area contributed by atoms with E-state index in [-0.39, 0.29) is 12.4 Å². The summed E-state index contributed by atoms with van der Waals surface area (Å²) in [5.74, 6) is 0.0192. The van der Waals surface area contributed by atoms with E-state index in [4.69, 9.17) is 9.90 Å². The highest BCUT2D eigenvalue weighted by molar-refractivity contribution is 5.94. The fourth-order valence-electron chi connectivity index (χ4n) is 3.23. The Labute approximate surface area is 161 Å². The van der Waals surface area contributed by atoms with Crippen molar-refractivity contribution in [2.45, 2.75) is 13.3 Å². The highest BCUT2D eigenvalue weighted by Gasteiger charge is 2.21. The van der Waals surface area contributed by atoms with E-state index in [0.29, 0.717) is 17.8 Å². The molecule has 1 aliphatic rings. The molecule has 4 heterocycles. The molecule has 4 rings (SSSR count). The highest BCUT2D eigenvalue weighted by Crippen LogP contribution is 2.20. The van der Waals surface area contributed by atoms with Crippen LogP contribution in [0.3, 0.4) is 0 Å². The molecule has 0 spiro atoms. The van der Waals surface area contributed by atoms with Crippen LogP contribution in [0.2, 0.25) is 0 Å². The molecule has 0 bridgehead atoms. The second kappa shape index (κ2) is 8.89. The quantitative estimate of drug-likeness (QED) is 0.648. The maximum Gasteiger partial charge on any atom is 0.290 e. The fraction of sp³-hybridized carbons (Fsp3) is 0.333. The van der Waals surface area contributed by atoms with Gasteiger partial charge in [0.2, 0.25) is 0 Å². The SMILES string of the molecule is Cc1cnccc1N1CCCN(C(=O)c2ccc3nnnn3c2)CC1.O=CO. The van der Waals surface area contributed by atoms with Crippen molar-refractivity contribution in [3.05, 3.63) is 47.9 Å². The number of pyridine rings is 2. The Morgan fingerprint density at radius 1 is 1.18 bits per heavy atom. The van der Waals surface area contributed by atoms with Crippen molar-refractivity contribution in [3.63, 3.8) is 0 Å². The molecule has 0 aromatic carbocycles. The molecule has 0 unspecified atom stereocenters. The van der Waals surface area contributed by atoms with Crippen LogP contribution in [-0.2, 0) is 4.79 Å². The van der Waals surface area contributed by atoms with E-state index in [1.165, 1.54) is 10.2 Å². The van der Waals surface area contributed by atoms with Gasteiger partial charge in [0.1, 0.15) is 0 Å². The second-order valence-corrected chi connectivity index (χ2v) is 6.30. The van der Waals surface area contributed by atoms with Crippen molar-refractivity contribution in [2.75, 3.05) is 31.1 Å². The van der Waals surface area contributed by atoms with Gasteiger partial charge in [0.05, 0.1) is 5.56 Å². The molecule has 28 heavy (non-hydrogen) atoms. The van der Waals surface area contributed by atoms with Crippen LogP contribution >= 0.6 is 0 Å². The number of fused-ring (bicyclic) bond motifs is 1. The molecular weight excluding hydrogens is 362 g/mol. The first-order valence-electron chi connectivity index (χ1n) is 8.84. The summed E-state index contributed by atoms with van der Waals surface area (Å²) in [4.78, 5) is 29.6. The minimum Gasteiger partial charge on any atom is -0.483 e. The van der Waals surface area contributed by atoms with Gasteiger partial charge in [-0.3, -0.25) is 14.6 Å². The molecule has 0 radical (unpaired) electrons. The third-order valence-electron chi connectivity index (χ3n) is 4.55. The predicted octanol–water partition coefficient (Wildman–Crippen LogP) is 0.881. The average Bonchev–Trinajstić information content (AvgIpc) is 3.04. The molecule has 1 fully saturated rings. The zero-order valence-electron chi connectivity index (χ0n) is 15.5. The molecule has 3 aromatic rings. The van der Waals surface area contributed by atoms with E-state index in [1.54, 1.807) is 18.3 Å². The van der Waals surface area contributed by atoms with Gasteiger partial charge in [-0.05, 0) is 47.5 Å². The van der Waals surface area contributed by atoms with Gasteiger partial charge in [-0.1, -0.05) is 0 Å². The summed E-state index contributed by atoms with van der Waals surface area (Å²) < 4.78 is 1.53. The number of aryl methyl sites for hydroxylation is 1. The van der Waals surface area contributed by atoms with E-state index in [1.807, 2.05) is 23.4 Å². The number of hydrogen-bond donors (Lipinski definition) is 1. The van der Waals surface area contributed by atoms with Crippen molar-refractivity contribution in [1.29, 1.82) is 0 Å². The number of tetrazole rings is 1. The first-order valence-corrected chi connectivity index (χ1v) is 8.84. The lowest BCUT2D eigenvalue weighted by Crippen LogP contribution is -2.35. The average molecular weight is 383 g/mol. The van der Waals surface area contributed by atoms with E-state index >= 15 is 0 Å². The predicted molar refractivity (Wildman–Crippen MR) is 101 cm³/mol. The maximum absolute atomic E-state index is 12.8. The summed E-state index contributed by atoms with van der Waals surface area (Å²) in [7, 11) is 0. The molecule has 10 heteroatoms. The summed E-state index contributed by atoms with van der Waals surface area (Å²) >= 11 is 0. The van der Waals surface area contributed by atoms with Crippen molar-refractivity contribution >= 4 is 23.7 Å². The number of nitrogens with zero attached hydrogens (tertiary/aromatic N) is 7. The molecule has 0 aliphatic carbocycles. The lowest BCUT2D eigenvalue weighted by Gasteiger charge is -2.25. The third kappa shape index (κ3) is 4.22. The summed E-state index contributed by atoms with van der Waals surface area (Å²) in [5.41, 5.74) is 3.59. The minimum absolute atomic E-state index is 0.0192. The minimum atomic E-state index is -0.250. The lowest BCUT2D eigenvalue weighted by molar-refractivity contribution is -0.122. The van der Waals surface area contributed by atoms with Gasteiger partial charge in [0.25, 0.3) is 12.4 Å². The van der Waals surface area contributed by atoms with E-state index in [2.05, 4.69) is 32.3 Å². The third-order valence-corrected chi connectivity index (χ3v) is 4.55. The Hall–Kier alpha value is -3.56. The zero-order valence-corrected chi connectivity index (χ0v) is 15.5. The Morgan fingerprint density at radius 2 is 2.00 bits per heavy atom. The van der Waals surface area contributed by atoms with Crippen LogP contribution in [0.5, 0.6) is 0 Å². The molecule has 146 valence electrons. The monoisotopic (exact) mass is 383 g/mol. The normalized spacial score (nSPS) is 14.2.